The molecular weight excluding hydrogens is 368 g/mol. The highest BCUT2D eigenvalue weighted by atomic mass is 16.5. The molecule has 0 atom stereocenters. The highest BCUT2D eigenvalue weighted by molar-refractivity contribution is 5.94. The van der Waals surface area contributed by atoms with Gasteiger partial charge in [0.2, 0.25) is 0 Å². The van der Waals surface area contributed by atoms with Crippen LogP contribution in [0.4, 0.5) is 5.69 Å². The predicted molar refractivity (Wildman–Crippen MR) is 117 cm³/mol. The van der Waals surface area contributed by atoms with E-state index in [1.807, 2.05) is 32.0 Å². The van der Waals surface area contributed by atoms with Crippen molar-refractivity contribution in [3.63, 3.8) is 0 Å². The van der Waals surface area contributed by atoms with E-state index in [1.54, 1.807) is 0 Å². The lowest BCUT2D eigenvalue weighted by molar-refractivity contribution is -0.0333. The van der Waals surface area contributed by atoms with Crippen molar-refractivity contribution in [1.29, 1.82) is 0 Å². The molecule has 7 heteroatoms. The van der Waals surface area contributed by atoms with Gasteiger partial charge in [0.1, 0.15) is 11.5 Å². The van der Waals surface area contributed by atoms with Gasteiger partial charge in [-0.1, -0.05) is 19.3 Å². The maximum Gasteiger partial charge on any atom is 0.193 e. The highest BCUT2D eigenvalue weighted by Gasteiger charge is 2.38. The molecule has 29 heavy (non-hydrogen) atoms. The van der Waals surface area contributed by atoms with Crippen LogP contribution in [0.25, 0.3) is 0 Å². The van der Waals surface area contributed by atoms with Gasteiger partial charge in [0, 0.05) is 24.7 Å². The summed E-state index contributed by atoms with van der Waals surface area (Å²) >= 11 is 0. The minimum absolute atomic E-state index is 0.101. The molecule has 0 spiro atoms. The third kappa shape index (κ3) is 5.76. The summed E-state index contributed by atoms with van der Waals surface area (Å²) in [4.78, 5) is 7.35. The Kier molecular flexibility index (Phi) is 8.00. The molecule has 162 valence electrons. The Hall–Kier alpha value is -1.99. The van der Waals surface area contributed by atoms with Crippen LogP contribution in [0.1, 0.15) is 46.0 Å². The van der Waals surface area contributed by atoms with Gasteiger partial charge in [0.05, 0.1) is 38.7 Å². The van der Waals surface area contributed by atoms with Crippen molar-refractivity contribution in [3.05, 3.63) is 18.2 Å². The molecule has 2 aliphatic rings. The molecule has 1 aromatic carbocycles. The summed E-state index contributed by atoms with van der Waals surface area (Å²) in [6, 6.07) is 5.72. The van der Waals surface area contributed by atoms with Gasteiger partial charge in [0.15, 0.2) is 5.96 Å². The van der Waals surface area contributed by atoms with Gasteiger partial charge in [-0.3, -0.25) is 9.89 Å². The van der Waals surface area contributed by atoms with Crippen LogP contribution in [0.2, 0.25) is 0 Å². The number of benzene rings is 1. The lowest BCUT2D eigenvalue weighted by atomic mass is 9.80. The van der Waals surface area contributed by atoms with Gasteiger partial charge < -0.3 is 25.3 Å². The highest BCUT2D eigenvalue weighted by Crippen LogP contribution is 2.35. The predicted octanol–water partition coefficient (Wildman–Crippen LogP) is 3.25. The number of morpholine rings is 1. The Bertz CT molecular complexity index is 668. The summed E-state index contributed by atoms with van der Waals surface area (Å²) in [6.45, 7) is 9.41. The first-order valence-electron chi connectivity index (χ1n) is 11.0. The fourth-order valence-electron chi connectivity index (χ4n) is 4.38. The van der Waals surface area contributed by atoms with Crippen molar-refractivity contribution in [1.82, 2.24) is 4.90 Å². The maximum atomic E-state index is 6.30. The Labute approximate surface area is 174 Å². The summed E-state index contributed by atoms with van der Waals surface area (Å²) in [6.07, 6.45) is 6.17. The summed E-state index contributed by atoms with van der Waals surface area (Å²) in [5, 5.41) is 3.23. The SMILES string of the molecule is CCOc1ccc(OCC)c(NC(N)=NCC2(N3CCOCC3)CCCCC2)c1. The number of rotatable bonds is 8. The number of hydrogen-bond donors (Lipinski definition) is 2. The van der Waals surface area contributed by atoms with Gasteiger partial charge >= 0.3 is 0 Å². The minimum atomic E-state index is 0.101. The van der Waals surface area contributed by atoms with Crippen molar-refractivity contribution < 1.29 is 14.2 Å². The van der Waals surface area contributed by atoms with Crippen LogP contribution in [-0.4, -0.2) is 62.5 Å². The largest absolute Gasteiger partial charge is 0.494 e. The summed E-state index contributed by atoms with van der Waals surface area (Å²) in [7, 11) is 0. The quantitative estimate of drug-likeness (QED) is 0.511. The van der Waals surface area contributed by atoms with E-state index in [0.29, 0.717) is 25.7 Å². The molecule has 0 aromatic heterocycles. The van der Waals surface area contributed by atoms with Crippen molar-refractivity contribution >= 4 is 11.6 Å². The first-order valence-corrected chi connectivity index (χ1v) is 11.0. The molecule has 1 aliphatic carbocycles. The van der Waals surface area contributed by atoms with Crippen LogP contribution in [0.15, 0.2) is 23.2 Å². The molecule has 1 heterocycles. The van der Waals surface area contributed by atoms with Crippen molar-refractivity contribution in [2.75, 3.05) is 51.4 Å². The van der Waals surface area contributed by atoms with E-state index < -0.39 is 0 Å². The van der Waals surface area contributed by atoms with Gasteiger partial charge in [-0.25, -0.2) is 0 Å². The van der Waals surface area contributed by atoms with E-state index in [0.717, 1.165) is 43.5 Å². The second-order valence-electron chi connectivity index (χ2n) is 7.73. The van der Waals surface area contributed by atoms with E-state index in [1.165, 1.54) is 32.1 Å². The molecule has 3 rings (SSSR count). The first kappa shape index (κ1) is 21.7. The van der Waals surface area contributed by atoms with Crippen molar-refractivity contribution in [3.8, 4) is 11.5 Å². The first-order chi connectivity index (χ1) is 14.2. The van der Waals surface area contributed by atoms with Crippen LogP contribution < -0.4 is 20.5 Å². The third-order valence-electron chi connectivity index (χ3n) is 5.83. The smallest absolute Gasteiger partial charge is 0.193 e. The zero-order valence-electron chi connectivity index (χ0n) is 17.9. The normalized spacial score (nSPS) is 20.3. The number of nitrogens with zero attached hydrogens (tertiary/aromatic N) is 2. The van der Waals surface area contributed by atoms with Crippen LogP contribution >= 0.6 is 0 Å². The van der Waals surface area contributed by atoms with Crippen molar-refractivity contribution in [2.45, 2.75) is 51.5 Å². The van der Waals surface area contributed by atoms with Gasteiger partial charge in [-0.15, -0.1) is 0 Å². The van der Waals surface area contributed by atoms with E-state index >= 15 is 0 Å². The second kappa shape index (κ2) is 10.7. The standard InChI is InChI=1S/C22H36N4O3/c1-3-28-18-8-9-20(29-4-2)19(16-18)25-21(23)24-17-22(10-6-5-7-11-22)26-12-14-27-15-13-26/h8-9,16H,3-7,10-15,17H2,1-2H3,(H3,23,24,25). The van der Waals surface area contributed by atoms with Crippen LogP contribution in [0, 0.1) is 0 Å². The van der Waals surface area contributed by atoms with E-state index in [9.17, 15) is 0 Å². The van der Waals surface area contributed by atoms with E-state index in [4.69, 9.17) is 24.9 Å². The zero-order valence-corrected chi connectivity index (χ0v) is 17.9. The van der Waals surface area contributed by atoms with Crippen LogP contribution in [0.5, 0.6) is 11.5 Å². The van der Waals surface area contributed by atoms with Crippen molar-refractivity contribution in [2.24, 2.45) is 10.7 Å². The second-order valence-corrected chi connectivity index (χ2v) is 7.73. The molecule has 3 N–H and O–H groups in total. The molecule has 1 saturated carbocycles. The van der Waals surface area contributed by atoms with E-state index in [2.05, 4.69) is 10.2 Å². The Morgan fingerprint density at radius 3 is 2.55 bits per heavy atom. The monoisotopic (exact) mass is 404 g/mol. The summed E-state index contributed by atoms with van der Waals surface area (Å²) in [5.74, 6) is 1.94. The molecule has 1 aliphatic heterocycles. The number of hydrogen-bond acceptors (Lipinski definition) is 5. The topological polar surface area (TPSA) is 81.3 Å². The minimum Gasteiger partial charge on any atom is -0.494 e. The van der Waals surface area contributed by atoms with Gasteiger partial charge in [-0.2, -0.15) is 0 Å². The number of anilines is 1. The Morgan fingerprint density at radius 2 is 1.86 bits per heavy atom. The average molecular weight is 405 g/mol. The molecular formula is C22H36N4O3. The molecule has 0 amide bonds. The molecule has 1 aromatic rings. The fourth-order valence-corrected chi connectivity index (χ4v) is 4.38. The number of nitrogens with one attached hydrogen (secondary N) is 1. The average Bonchev–Trinajstić information content (AvgIpc) is 2.76. The Morgan fingerprint density at radius 1 is 1.14 bits per heavy atom. The Balaban J connectivity index is 1.73. The van der Waals surface area contributed by atoms with Gasteiger partial charge in [0.25, 0.3) is 0 Å². The summed E-state index contributed by atoms with van der Waals surface area (Å²) in [5.41, 5.74) is 7.18. The number of aliphatic imine (C=N–C) groups is 1. The molecule has 0 unspecified atom stereocenters. The lowest BCUT2D eigenvalue weighted by Crippen LogP contribution is -2.56. The lowest BCUT2D eigenvalue weighted by Gasteiger charge is -2.47. The molecule has 1 saturated heterocycles. The third-order valence-corrected chi connectivity index (χ3v) is 5.83. The number of nitrogens with two attached hydrogens (primary N) is 1. The van der Waals surface area contributed by atoms with Crippen LogP contribution in [-0.2, 0) is 4.74 Å². The molecule has 2 fully saturated rings. The molecule has 0 bridgehead atoms. The van der Waals surface area contributed by atoms with Gasteiger partial charge in [-0.05, 0) is 38.8 Å². The number of guanidine groups is 1. The molecule has 0 radical (unpaired) electrons. The number of ether oxygens (including phenoxy) is 3. The summed E-state index contributed by atoms with van der Waals surface area (Å²) < 4.78 is 16.9. The molecule has 7 nitrogen and oxygen atoms in total. The maximum absolute atomic E-state index is 6.30. The van der Waals surface area contributed by atoms with Crippen LogP contribution in [0.3, 0.4) is 0 Å². The fraction of sp³-hybridized carbons (Fsp3) is 0.682. The van der Waals surface area contributed by atoms with E-state index in [-0.39, 0.29) is 5.54 Å². The zero-order chi connectivity index (χ0) is 20.5.